The lowest BCUT2D eigenvalue weighted by molar-refractivity contribution is 0.0730. The molecule has 0 N–H and O–H groups in total. The van der Waals surface area contributed by atoms with E-state index in [1.54, 1.807) is 23.5 Å². The highest BCUT2D eigenvalue weighted by Gasteiger charge is 2.28. The van der Waals surface area contributed by atoms with Gasteiger partial charge in [-0.2, -0.15) is 0 Å². The number of rotatable bonds is 7. The molecule has 0 saturated heterocycles. The molecule has 1 aliphatic rings. The van der Waals surface area contributed by atoms with Crippen molar-refractivity contribution in [3.63, 3.8) is 0 Å². The number of pyridine rings is 2. The number of likely N-dealkylation sites (N-methyl/N-ethyl adjacent to an activating group) is 1. The maximum Gasteiger partial charge on any atom is 0.259 e. The summed E-state index contributed by atoms with van der Waals surface area (Å²) in [6, 6.07) is 6.49. The van der Waals surface area contributed by atoms with Crippen molar-refractivity contribution in [2.24, 2.45) is 0 Å². The van der Waals surface area contributed by atoms with Crippen LogP contribution in [0.2, 0.25) is 5.02 Å². The highest BCUT2D eigenvalue weighted by molar-refractivity contribution is 6.31. The van der Waals surface area contributed by atoms with Crippen LogP contribution in [0.4, 0.5) is 4.39 Å². The average molecular weight is 443 g/mol. The van der Waals surface area contributed by atoms with Crippen LogP contribution in [0.25, 0.3) is 10.9 Å². The standard InChI is InChI=1S/C23H24ClFN4O2/c1-27(2)9-10-28(13-15-5-7-26-8-6-15)23(31)18-14-29(16-3-4-16)21-12-19(24)20(25)11-17(21)22(18)30/h5-8,11-12,14,16H,3-4,9-10,13H2,1-2H3. The monoisotopic (exact) mass is 442 g/mol. The Hall–Kier alpha value is -2.77. The zero-order chi connectivity index (χ0) is 22.1. The Labute approximate surface area is 184 Å². The smallest absolute Gasteiger partial charge is 0.259 e. The van der Waals surface area contributed by atoms with Gasteiger partial charge in [0.05, 0.1) is 10.5 Å². The van der Waals surface area contributed by atoms with Crippen LogP contribution in [-0.2, 0) is 6.54 Å². The minimum absolute atomic E-state index is 0.0364. The number of hydrogen-bond acceptors (Lipinski definition) is 4. The number of nitrogens with zero attached hydrogens (tertiary/aromatic N) is 4. The molecule has 2 aromatic heterocycles. The van der Waals surface area contributed by atoms with Gasteiger partial charge in [0, 0.05) is 49.7 Å². The van der Waals surface area contributed by atoms with Gasteiger partial charge >= 0.3 is 0 Å². The molecule has 8 heteroatoms. The van der Waals surface area contributed by atoms with Gasteiger partial charge in [0.25, 0.3) is 5.91 Å². The third kappa shape index (κ3) is 4.62. The molecule has 1 aliphatic carbocycles. The lowest BCUT2D eigenvalue weighted by Gasteiger charge is -2.25. The molecule has 4 rings (SSSR count). The molecule has 0 atom stereocenters. The molecule has 0 aliphatic heterocycles. The molecular weight excluding hydrogens is 419 g/mol. The Bertz CT molecular complexity index is 1180. The Morgan fingerprint density at radius 1 is 1.23 bits per heavy atom. The molecule has 162 valence electrons. The molecule has 0 bridgehead atoms. The van der Waals surface area contributed by atoms with Gasteiger partial charge in [0.2, 0.25) is 5.43 Å². The van der Waals surface area contributed by atoms with Gasteiger partial charge in [-0.3, -0.25) is 14.6 Å². The molecule has 31 heavy (non-hydrogen) atoms. The summed E-state index contributed by atoms with van der Waals surface area (Å²) >= 11 is 5.98. The lowest BCUT2D eigenvalue weighted by atomic mass is 10.1. The number of carbonyl (C=O) groups excluding carboxylic acids is 1. The molecule has 3 aromatic rings. The topological polar surface area (TPSA) is 58.4 Å². The van der Waals surface area contributed by atoms with Crippen molar-refractivity contribution in [1.29, 1.82) is 0 Å². The minimum atomic E-state index is -0.667. The molecule has 0 radical (unpaired) electrons. The van der Waals surface area contributed by atoms with Crippen LogP contribution in [0.1, 0.15) is 34.8 Å². The summed E-state index contributed by atoms with van der Waals surface area (Å²) in [6.07, 6.45) is 6.86. The molecule has 1 amide bonds. The van der Waals surface area contributed by atoms with Crippen molar-refractivity contribution in [3.8, 4) is 0 Å². The number of aromatic nitrogens is 2. The summed E-state index contributed by atoms with van der Waals surface area (Å²) in [4.78, 5) is 34.4. The molecule has 0 spiro atoms. The van der Waals surface area contributed by atoms with E-state index in [0.717, 1.165) is 24.5 Å². The van der Waals surface area contributed by atoms with Gasteiger partial charge in [0.15, 0.2) is 0 Å². The normalized spacial score (nSPS) is 13.7. The molecule has 0 unspecified atom stereocenters. The third-order valence-electron chi connectivity index (χ3n) is 5.47. The number of benzene rings is 1. The van der Waals surface area contributed by atoms with E-state index in [9.17, 15) is 14.0 Å². The highest BCUT2D eigenvalue weighted by Crippen LogP contribution is 2.37. The van der Waals surface area contributed by atoms with Crippen molar-refractivity contribution < 1.29 is 9.18 Å². The number of hydrogen-bond donors (Lipinski definition) is 0. The van der Waals surface area contributed by atoms with Crippen molar-refractivity contribution in [1.82, 2.24) is 19.4 Å². The molecule has 1 saturated carbocycles. The van der Waals surface area contributed by atoms with Gasteiger partial charge in [-0.05, 0) is 56.8 Å². The summed E-state index contributed by atoms with van der Waals surface area (Å²) in [5, 5.41) is 0.141. The summed E-state index contributed by atoms with van der Waals surface area (Å²) in [5.41, 5.74) is 1.05. The van der Waals surface area contributed by atoms with Crippen LogP contribution in [0.3, 0.4) is 0 Å². The van der Waals surface area contributed by atoms with E-state index >= 15 is 0 Å². The minimum Gasteiger partial charge on any atom is -0.343 e. The zero-order valence-electron chi connectivity index (χ0n) is 17.5. The predicted octanol–water partition coefficient (Wildman–Crippen LogP) is 3.73. The van der Waals surface area contributed by atoms with E-state index < -0.39 is 11.2 Å². The van der Waals surface area contributed by atoms with Gasteiger partial charge in [-0.1, -0.05) is 11.6 Å². The summed E-state index contributed by atoms with van der Waals surface area (Å²) in [7, 11) is 3.86. The first-order valence-electron chi connectivity index (χ1n) is 10.2. The van der Waals surface area contributed by atoms with Crippen LogP contribution in [-0.4, -0.2) is 52.4 Å². The van der Waals surface area contributed by atoms with E-state index in [1.165, 1.54) is 6.07 Å². The molecule has 6 nitrogen and oxygen atoms in total. The molecule has 1 aromatic carbocycles. The first-order chi connectivity index (χ1) is 14.8. The fraction of sp³-hybridized carbons (Fsp3) is 0.348. The van der Waals surface area contributed by atoms with Crippen molar-refractivity contribution in [2.45, 2.75) is 25.4 Å². The van der Waals surface area contributed by atoms with Crippen LogP contribution in [0.15, 0.2) is 47.7 Å². The SMILES string of the molecule is CN(C)CCN(Cc1ccncc1)C(=O)c1cn(C2CC2)c2cc(Cl)c(F)cc2c1=O. The summed E-state index contributed by atoms with van der Waals surface area (Å²) < 4.78 is 16.1. The van der Waals surface area contributed by atoms with Gasteiger partial charge in [-0.25, -0.2) is 4.39 Å². The highest BCUT2D eigenvalue weighted by atomic mass is 35.5. The number of amides is 1. The van der Waals surface area contributed by atoms with E-state index in [2.05, 4.69) is 4.98 Å². The third-order valence-corrected chi connectivity index (χ3v) is 5.76. The molecule has 2 heterocycles. The largest absolute Gasteiger partial charge is 0.343 e. The quantitative estimate of drug-likeness (QED) is 0.559. The van der Waals surface area contributed by atoms with E-state index in [1.807, 2.05) is 35.7 Å². The summed E-state index contributed by atoms with van der Waals surface area (Å²) in [6.45, 7) is 1.45. The molecule has 1 fully saturated rings. The van der Waals surface area contributed by atoms with Crippen LogP contribution >= 0.6 is 11.6 Å². The van der Waals surface area contributed by atoms with Crippen molar-refractivity contribution in [3.05, 3.63) is 75.0 Å². The maximum absolute atomic E-state index is 14.2. The van der Waals surface area contributed by atoms with Crippen molar-refractivity contribution in [2.75, 3.05) is 27.2 Å². The molecular formula is C23H24ClFN4O2. The second kappa shape index (κ2) is 8.77. The number of halogens is 2. The maximum atomic E-state index is 14.2. The lowest BCUT2D eigenvalue weighted by Crippen LogP contribution is -2.38. The fourth-order valence-electron chi connectivity index (χ4n) is 3.60. The number of carbonyl (C=O) groups is 1. The van der Waals surface area contributed by atoms with E-state index in [-0.39, 0.29) is 27.9 Å². The van der Waals surface area contributed by atoms with E-state index in [0.29, 0.717) is 25.2 Å². The number of fused-ring (bicyclic) bond motifs is 1. The second-order valence-corrected chi connectivity index (χ2v) is 8.59. The first kappa shape index (κ1) is 21.5. The average Bonchev–Trinajstić information content (AvgIpc) is 3.58. The van der Waals surface area contributed by atoms with Crippen LogP contribution < -0.4 is 5.43 Å². The van der Waals surface area contributed by atoms with Crippen LogP contribution in [0, 0.1) is 5.82 Å². The Kier molecular flexibility index (Phi) is 6.07. The Balaban J connectivity index is 1.78. The summed E-state index contributed by atoms with van der Waals surface area (Å²) in [5.74, 6) is -1.03. The Morgan fingerprint density at radius 3 is 2.58 bits per heavy atom. The first-order valence-corrected chi connectivity index (χ1v) is 10.6. The fourth-order valence-corrected chi connectivity index (χ4v) is 3.76. The van der Waals surface area contributed by atoms with Gasteiger partial charge in [-0.15, -0.1) is 0 Å². The predicted molar refractivity (Wildman–Crippen MR) is 119 cm³/mol. The Morgan fingerprint density at radius 2 is 1.94 bits per heavy atom. The van der Waals surface area contributed by atoms with Gasteiger partial charge in [0.1, 0.15) is 11.4 Å². The van der Waals surface area contributed by atoms with Gasteiger partial charge < -0.3 is 14.4 Å². The van der Waals surface area contributed by atoms with E-state index in [4.69, 9.17) is 11.6 Å². The second-order valence-electron chi connectivity index (χ2n) is 8.18. The zero-order valence-corrected chi connectivity index (χ0v) is 18.3. The van der Waals surface area contributed by atoms with Crippen molar-refractivity contribution >= 4 is 28.4 Å². The van der Waals surface area contributed by atoms with Crippen LogP contribution in [0.5, 0.6) is 0 Å².